The highest BCUT2D eigenvalue weighted by molar-refractivity contribution is 7.85. The van der Waals surface area contributed by atoms with Crippen molar-refractivity contribution in [2.45, 2.75) is 18.9 Å². The van der Waals surface area contributed by atoms with E-state index in [1.165, 1.54) is 0 Å². The molecule has 1 heterocycles. The summed E-state index contributed by atoms with van der Waals surface area (Å²) in [5.41, 5.74) is 0. The molecule has 0 bridgehead atoms. The van der Waals surface area contributed by atoms with E-state index in [-0.39, 0.29) is 12.6 Å². The lowest BCUT2D eigenvalue weighted by molar-refractivity contribution is -0.137. The number of urea groups is 1. The molecule has 100 valence electrons. The predicted molar refractivity (Wildman–Crippen MR) is 67.5 cm³/mol. The second kappa shape index (κ2) is 7.01. The summed E-state index contributed by atoms with van der Waals surface area (Å²) in [5, 5.41) is 11.4. The van der Waals surface area contributed by atoms with Crippen LogP contribution < -0.4 is 5.32 Å². The zero-order chi connectivity index (χ0) is 13.5. The second-order valence-corrected chi connectivity index (χ2v) is 5.72. The van der Waals surface area contributed by atoms with Crippen molar-refractivity contribution in [2.75, 3.05) is 24.6 Å². The highest BCUT2D eigenvalue weighted by atomic mass is 32.2. The Bertz CT molecular complexity index is 381. The van der Waals surface area contributed by atoms with Gasteiger partial charge in [0.2, 0.25) is 0 Å². The quantitative estimate of drug-likeness (QED) is 0.683. The number of amides is 2. The molecule has 0 atom stereocenters. The summed E-state index contributed by atoms with van der Waals surface area (Å²) in [6.45, 7) is -0.467. The molecule has 0 aliphatic carbocycles. The summed E-state index contributed by atoms with van der Waals surface area (Å²) in [5.74, 6) is 2.28. The maximum absolute atomic E-state index is 11.8. The van der Waals surface area contributed by atoms with Gasteiger partial charge in [0.05, 0.1) is 6.54 Å². The van der Waals surface area contributed by atoms with E-state index in [0.717, 1.165) is 4.90 Å². The number of rotatable bonds is 4. The van der Waals surface area contributed by atoms with Crippen LogP contribution in [-0.4, -0.2) is 56.9 Å². The molecule has 0 aromatic rings. The number of hydrogen-bond donors (Lipinski definition) is 2. The van der Waals surface area contributed by atoms with Crippen molar-refractivity contribution in [3.63, 3.8) is 0 Å². The van der Waals surface area contributed by atoms with Crippen LogP contribution in [0.1, 0.15) is 12.8 Å². The fourth-order valence-corrected chi connectivity index (χ4v) is 2.98. The molecule has 0 spiro atoms. The van der Waals surface area contributed by atoms with Crippen molar-refractivity contribution in [3.8, 4) is 12.3 Å². The summed E-state index contributed by atoms with van der Waals surface area (Å²) in [7, 11) is -0.790. The molecule has 0 saturated carbocycles. The molecule has 2 amide bonds. The summed E-state index contributed by atoms with van der Waals surface area (Å²) in [6.07, 6.45) is 6.39. The number of carboxylic acid groups (broad SMARTS) is 1. The molecule has 1 fully saturated rings. The fourth-order valence-electron chi connectivity index (χ4n) is 1.68. The minimum absolute atomic E-state index is 0.0449. The Hall–Kier alpha value is -1.55. The SMILES string of the molecule is C#CCN(CC(=O)O)C(=O)NC1CCS(=O)CC1. The van der Waals surface area contributed by atoms with E-state index < -0.39 is 29.3 Å². The van der Waals surface area contributed by atoms with Crippen molar-refractivity contribution < 1.29 is 18.9 Å². The van der Waals surface area contributed by atoms with Crippen LogP contribution in [0.4, 0.5) is 4.79 Å². The van der Waals surface area contributed by atoms with Gasteiger partial charge in [-0.1, -0.05) is 5.92 Å². The van der Waals surface area contributed by atoms with Crippen LogP contribution in [0, 0.1) is 12.3 Å². The fraction of sp³-hybridized carbons (Fsp3) is 0.636. The smallest absolute Gasteiger partial charge is 0.323 e. The van der Waals surface area contributed by atoms with Gasteiger partial charge in [-0.2, -0.15) is 0 Å². The molecule has 0 unspecified atom stereocenters. The molecular formula is C11H16N2O4S. The molecular weight excluding hydrogens is 256 g/mol. The van der Waals surface area contributed by atoms with Crippen molar-refractivity contribution in [2.24, 2.45) is 0 Å². The molecule has 1 saturated heterocycles. The predicted octanol–water partition coefficient (Wildman–Crippen LogP) is -0.373. The Balaban J connectivity index is 2.48. The highest BCUT2D eigenvalue weighted by Gasteiger charge is 2.22. The second-order valence-electron chi connectivity index (χ2n) is 4.03. The number of carboxylic acids is 1. The zero-order valence-corrected chi connectivity index (χ0v) is 10.7. The third-order valence-electron chi connectivity index (χ3n) is 2.61. The molecule has 1 rings (SSSR count). The third kappa shape index (κ3) is 4.75. The van der Waals surface area contributed by atoms with Crippen LogP contribution in [0.3, 0.4) is 0 Å². The Labute approximate surface area is 108 Å². The Morgan fingerprint density at radius 2 is 2.06 bits per heavy atom. The van der Waals surface area contributed by atoms with Crippen LogP contribution >= 0.6 is 0 Å². The van der Waals surface area contributed by atoms with Crippen molar-refractivity contribution >= 4 is 22.8 Å². The minimum Gasteiger partial charge on any atom is -0.480 e. The average molecular weight is 272 g/mol. The van der Waals surface area contributed by atoms with Crippen LogP contribution in [0.5, 0.6) is 0 Å². The molecule has 0 aromatic heterocycles. The zero-order valence-electron chi connectivity index (χ0n) is 9.92. The van der Waals surface area contributed by atoms with Crippen LogP contribution in [0.2, 0.25) is 0 Å². The summed E-state index contributed by atoms with van der Waals surface area (Å²) >= 11 is 0. The van der Waals surface area contributed by atoms with E-state index >= 15 is 0 Å². The highest BCUT2D eigenvalue weighted by Crippen LogP contribution is 2.09. The number of carbonyl (C=O) groups excluding carboxylic acids is 1. The van der Waals surface area contributed by atoms with Crippen LogP contribution in [0.15, 0.2) is 0 Å². The van der Waals surface area contributed by atoms with Gasteiger partial charge in [-0.25, -0.2) is 4.79 Å². The molecule has 1 aliphatic rings. The number of terminal acetylenes is 1. The van der Waals surface area contributed by atoms with E-state index in [1.807, 2.05) is 0 Å². The van der Waals surface area contributed by atoms with E-state index in [2.05, 4.69) is 11.2 Å². The number of nitrogens with zero attached hydrogens (tertiary/aromatic N) is 1. The van der Waals surface area contributed by atoms with Crippen LogP contribution in [0.25, 0.3) is 0 Å². The summed E-state index contributed by atoms with van der Waals surface area (Å²) < 4.78 is 11.2. The van der Waals surface area contributed by atoms with Gasteiger partial charge in [0, 0.05) is 28.3 Å². The van der Waals surface area contributed by atoms with Gasteiger partial charge in [-0.05, 0) is 12.8 Å². The standard InChI is InChI=1S/C11H16N2O4S/c1-2-5-13(8-10(14)15)11(16)12-9-3-6-18(17)7-4-9/h1,9H,3-8H2,(H,12,16)(H,14,15). The van der Waals surface area contributed by atoms with E-state index in [0.29, 0.717) is 24.3 Å². The number of hydrogen-bond acceptors (Lipinski definition) is 3. The molecule has 1 aliphatic heterocycles. The first-order valence-corrected chi connectivity index (χ1v) is 7.07. The topological polar surface area (TPSA) is 86.7 Å². The number of carbonyl (C=O) groups is 2. The summed E-state index contributed by atoms with van der Waals surface area (Å²) in [6, 6.07) is -0.530. The van der Waals surface area contributed by atoms with Gasteiger partial charge in [-0.15, -0.1) is 6.42 Å². The average Bonchev–Trinajstić information content (AvgIpc) is 2.31. The Morgan fingerprint density at radius 3 is 2.56 bits per heavy atom. The van der Waals surface area contributed by atoms with Gasteiger partial charge < -0.3 is 15.3 Å². The first kappa shape index (κ1) is 14.5. The number of aliphatic carboxylic acids is 1. The monoisotopic (exact) mass is 272 g/mol. The largest absolute Gasteiger partial charge is 0.480 e. The lowest BCUT2D eigenvalue weighted by Crippen LogP contribution is -2.48. The molecule has 2 N–H and O–H groups in total. The Morgan fingerprint density at radius 1 is 1.44 bits per heavy atom. The number of nitrogens with one attached hydrogen (secondary N) is 1. The lowest BCUT2D eigenvalue weighted by atomic mass is 10.1. The summed E-state index contributed by atoms with van der Waals surface area (Å²) in [4.78, 5) is 23.5. The first-order valence-electron chi connectivity index (χ1n) is 5.58. The van der Waals surface area contributed by atoms with Crippen LogP contribution in [-0.2, 0) is 15.6 Å². The van der Waals surface area contributed by atoms with Crippen molar-refractivity contribution in [1.29, 1.82) is 0 Å². The van der Waals surface area contributed by atoms with Gasteiger partial charge in [0.15, 0.2) is 0 Å². The minimum atomic E-state index is -1.11. The molecule has 0 aromatic carbocycles. The lowest BCUT2D eigenvalue weighted by Gasteiger charge is -2.26. The van der Waals surface area contributed by atoms with Gasteiger partial charge >= 0.3 is 12.0 Å². The van der Waals surface area contributed by atoms with Gasteiger partial charge in [0.25, 0.3) is 0 Å². The Kier molecular flexibility index (Phi) is 5.65. The third-order valence-corrected chi connectivity index (χ3v) is 3.99. The molecule has 6 nitrogen and oxygen atoms in total. The van der Waals surface area contributed by atoms with Crippen molar-refractivity contribution in [3.05, 3.63) is 0 Å². The normalized spacial score (nSPS) is 22.8. The molecule has 7 heteroatoms. The van der Waals surface area contributed by atoms with Gasteiger partial charge in [-0.3, -0.25) is 9.00 Å². The maximum Gasteiger partial charge on any atom is 0.323 e. The van der Waals surface area contributed by atoms with Crippen molar-refractivity contribution in [1.82, 2.24) is 10.2 Å². The molecule has 0 radical (unpaired) electrons. The van der Waals surface area contributed by atoms with Gasteiger partial charge in [0.1, 0.15) is 6.54 Å². The first-order chi connectivity index (χ1) is 8.52. The van der Waals surface area contributed by atoms with E-state index in [9.17, 15) is 13.8 Å². The maximum atomic E-state index is 11.8. The van der Waals surface area contributed by atoms with E-state index in [1.54, 1.807) is 0 Å². The van der Waals surface area contributed by atoms with E-state index in [4.69, 9.17) is 11.5 Å². The molecule has 18 heavy (non-hydrogen) atoms.